The second-order valence-electron chi connectivity index (χ2n) is 5.46. The molecule has 6 nitrogen and oxygen atoms in total. The minimum Gasteiger partial charge on any atom is -0.379 e. The number of hydrogen-bond acceptors (Lipinski definition) is 4. The molecular weight excluding hydrogens is 318 g/mol. The Morgan fingerprint density at radius 3 is 2.71 bits per heavy atom. The van der Waals surface area contributed by atoms with E-state index in [2.05, 4.69) is 15.3 Å². The maximum absolute atomic E-state index is 12.5. The molecule has 1 amide bonds. The van der Waals surface area contributed by atoms with Crippen LogP contribution in [0.4, 0.5) is 14.5 Å². The average Bonchev–Trinajstić information content (AvgIpc) is 3.08. The monoisotopic (exact) mass is 336 g/mol. The van der Waals surface area contributed by atoms with Crippen molar-refractivity contribution in [2.45, 2.75) is 13.1 Å². The van der Waals surface area contributed by atoms with Gasteiger partial charge in [0.25, 0.3) is 5.91 Å². The van der Waals surface area contributed by atoms with Gasteiger partial charge in [-0.1, -0.05) is 18.2 Å². The molecule has 0 saturated carbocycles. The third-order valence-corrected chi connectivity index (χ3v) is 3.80. The summed E-state index contributed by atoms with van der Waals surface area (Å²) < 4.78 is 30.9. The second kappa shape index (κ2) is 7.50. The van der Waals surface area contributed by atoms with E-state index in [1.54, 1.807) is 6.07 Å². The molecule has 0 unspecified atom stereocenters. The van der Waals surface area contributed by atoms with Crippen LogP contribution in [-0.4, -0.2) is 46.9 Å². The molecule has 0 spiro atoms. The van der Waals surface area contributed by atoms with E-state index >= 15 is 0 Å². The van der Waals surface area contributed by atoms with Gasteiger partial charge >= 0.3 is 6.55 Å². The van der Waals surface area contributed by atoms with Crippen LogP contribution in [0.3, 0.4) is 0 Å². The summed E-state index contributed by atoms with van der Waals surface area (Å²) in [4.78, 5) is 14.5. The van der Waals surface area contributed by atoms with E-state index in [0.29, 0.717) is 30.1 Å². The SMILES string of the molecule is O=C(Nc1ccccc1CN1CCOCC1)c1ccn(C(F)F)n1. The number of carbonyl (C=O) groups excluding carboxylic acids is 1. The van der Waals surface area contributed by atoms with E-state index in [9.17, 15) is 13.6 Å². The summed E-state index contributed by atoms with van der Waals surface area (Å²) >= 11 is 0. The highest BCUT2D eigenvalue weighted by atomic mass is 19.3. The molecule has 1 fully saturated rings. The number of hydrogen-bond donors (Lipinski definition) is 1. The number of para-hydroxylation sites is 1. The number of halogens is 2. The summed E-state index contributed by atoms with van der Waals surface area (Å²) in [6, 6.07) is 8.71. The predicted octanol–water partition coefficient (Wildman–Crippen LogP) is 2.36. The van der Waals surface area contributed by atoms with Gasteiger partial charge in [0, 0.05) is 31.5 Å². The number of aromatic nitrogens is 2. The molecular formula is C16H18F2N4O2. The molecule has 3 rings (SSSR count). The number of nitrogens with one attached hydrogen (secondary N) is 1. The van der Waals surface area contributed by atoms with Crippen LogP contribution in [0, 0.1) is 0 Å². The first kappa shape index (κ1) is 16.5. The molecule has 0 radical (unpaired) electrons. The smallest absolute Gasteiger partial charge is 0.333 e. The Kier molecular flexibility index (Phi) is 5.17. The van der Waals surface area contributed by atoms with Gasteiger partial charge in [-0.25, -0.2) is 4.68 Å². The van der Waals surface area contributed by atoms with E-state index in [0.717, 1.165) is 24.8 Å². The highest BCUT2D eigenvalue weighted by molar-refractivity contribution is 6.03. The molecule has 0 atom stereocenters. The number of anilines is 1. The number of amides is 1. The van der Waals surface area contributed by atoms with Crippen LogP contribution >= 0.6 is 0 Å². The molecule has 8 heteroatoms. The zero-order valence-corrected chi connectivity index (χ0v) is 13.0. The Morgan fingerprint density at radius 2 is 2.00 bits per heavy atom. The Hall–Kier alpha value is -2.32. The molecule has 1 aromatic carbocycles. The number of morpholine rings is 1. The second-order valence-corrected chi connectivity index (χ2v) is 5.46. The van der Waals surface area contributed by atoms with Crippen molar-refractivity contribution in [1.29, 1.82) is 0 Å². The Bertz CT molecular complexity index is 699. The van der Waals surface area contributed by atoms with E-state index in [-0.39, 0.29) is 5.69 Å². The number of alkyl halides is 2. The molecule has 1 aliphatic heterocycles. The quantitative estimate of drug-likeness (QED) is 0.911. The normalized spacial score (nSPS) is 15.6. The molecule has 1 N–H and O–H groups in total. The number of nitrogens with zero attached hydrogens (tertiary/aromatic N) is 3. The fourth-order valence-corrected chi connectivity index (χ4v) is 2.53. The Labute approximate surface area is 138 Å². The molecule has 1 aromatic heterocycles. The first-order chi connectivity index (χ1) is 11.6. The van der Waals surface area contributed by atoms with Crippen LogP contribution in [0.1, 0.15) is 22.6 Å². The van der Waals surface area contributed by atoms with Crippen molar-refractivity contribution >= 4 is 11.6 Å². The van der Waals surface area contributed by atoms with Gasteiger partial charge in [-0.3, -0.25) is 9.69 Å². The first-order valence-electron chi connectivity index (χ1n) is 7.66. The third kappa shape index (κ3) is 3.95. The van der Waals surface area contributed by atoms with E-state index < -0.39 is 12.5 Å². The zero-order chi connectivity index (χ0) is 16.9. The van der Waals surface area contributed by atoms with Gasteiger partial charge in [0.05, 0.1) is 13.2 Å². The van der Waals surface area contributed by atoms with Crippen molar-refractivity contribution in [2.24, 2.45) is 0 Å². The zero-order valence-electron chi connectivity index (χ0n) is 13.0. The molecule has 1 saturated heterocycles. The lowest BCUT2D eigenvalue weighted by atomic mass is 10.1. The van der Waals surface area contributed by atoms with Crippen LogP contribution in [0.25, 0.3) is 0 Å². The number of carbonyl (C=O) groups is 1. The minimum absolute atomic E-state index is 0.0449. The van der Waals surface area contributed by atoms with Gasteiger partial charge in [0.2, 0.25) is 0 Å². The van der Waals surface area contributed by atoms with Crippen molar-refractivity contribution in [3.63, 3.8) is 0 Å². The van der Waals surface area contributed by atoms with Crippen molar-refractivity contribution in [2.75, 3.05) is 31.6 Å². The summed E-state index contributed by atoms with van der Waals surface area (Å²) in [6.45, 7) is 0.979. The van der Waals surface area contributed by atoms with Gasteiger partial charge in [-0.05, 0) is 17.7 Å². The first-order valence-corrected chi connectivity index (χ1v) is 7.66. The molecule has 2 aromatic rings. The molecule has 0 bridgehead atoms. The fourth-order valence-electron chi connectivity index (χ4n) is 2.53. The standard InChI is InChI=1S/C16H18F2N4O2/c17-16(18)22-6-5-14(20-22)15(23)19-13-4-2-1-3-12(13)11-21-7-9-24-10-8-21/h1-6,16H,7-11H2,(H,19,23). The molecule has 128 valence electrons. The van der Waals surface area contributed by atoms with Crippen LogP contribution < -0.4 is 5.32 Å². The molecule has 24 heavy (non-hydrogen) atoms. The summed E-state index contributed by atoms with van der Waals surface area (Å²) in [5.41, 5.74) is 1.57. The molecule has 0 aliphatic carbocycles. The van der Waals surface area contributed by atoms with Crippen LogP contribution in [-0.2, 0) is 11.3 Å². The fraction of sp³-hybridized carbons (Fsp3) is 0.375. The maximum Gasteiger partial charge on any atom is 0.333 e. The number of ether oxygens (including phenoxy) is 1. The van der Waals surface area contributed by atoms with Crippen LogP contribution in [0.15, 0.2) is 36.5 Å². The van der Waals surface area contributed by atoms with Crippen molar-refractivity contribution in [3.8, 4) is 0 Å². The summed E-state index contributed by atoms with van der Waals surface area (Å²) in [5.74, 6) is -0.510. The highest BCUT2D eigenvalue weighted by Crippen LogP contribution is 2.19. The molecule has 1 aliphatic rings. The van der Waals surface area contributed by atoms with Gasteiger partial charge < -0.3 is 10.1 Å². The number of benzene rings is 1. The minimum atomic E-state index is -2.76. The largest absolute Gasteiger partial charge is 0.379 e. The van der Waals surface area contributed by atoms with Crippen LogP contribution in [0.2, 0.25) is 0 Å². The summed E-state index contributed by atoms with van der Waals surface area (Å²) in [7, 11) is 0. The average molecular weight is 336 g/mol. The van der Waals surface area contributed by atoms with Crippen molar-refractivity contribution < 1.29 is 18.3 Å². The van der Waals surface area contributed by atoms with E-state index in [4.69, 9.17) is 4.74 Å². The lowest BCUT2D eigenvalue weighted by Crippen LogP contribution is -2.35. The lowest BCUT2D eigenvalue weighted by molar-refractivity contribution is 0.0342. The Balaban J connectivity index is 1.70. The number of rotatable bonds is 5. The summed E-state index contributed by atoms with van der Waals surface area (Å²) in [5, 5.41) is 6.33. The van der Waals surface area contributed by atoms with Gasteiger partial charge in [-0.2, -0.15) is 13.9 Å². The van der Waals surface area contributed by atoms with Gasteiger partial charge in [0.15, 0.2) is 5.69 Å². The van der Waals surface area contributed by atoms with Crippen molar-refractivity contribution in [3.05, 3.63) is 47.8 Å². The molecule has 2 heterocycles. The third-order valence-electron chi connectivity index (χ3n) is 3.80. The Morgan fingerprint density at radius 1 is 1.25 bits per heavy atom. The van der Waals surface area contributed by atoms with Gasteiger partial charge in [-0.15, -0.1) is 0 Å². The predicted molar refractivity (Wildman–Crippen MR) is 84.0 cm³/mol. The highest BCUT2D eigenvalue weighted by Gasteiger charge is 2.16. The van der Waals surface area contributed by atoms with E-state index in [1.165, 1.54) is 6.07 Å². The van der Waals surface area contributed by atoms with E-state index in [1.807, 2.05) is 18.2 Å². The lowest BCUT2D eigenvalue weighted by Gasteiger charge is -2.27. The topological polar surface area (TPSA) is 59.4 Å². The van der Waals surface area contributed by atoms with Crippen molar-refractivity contribution in [1.82, 2.24) is 14.7 Å². The van der Waals surface area contributed by atoms with Gasteiger partial charge in [0.1, 0.15) is 0 Å². The maximum atomic E-state index is 12.5. The van der Waals surface area contributed by atoms with Crippen LogP contribution in [0.5, 0.6) is 0 Å². The summed E-state index contributed by atoms with van der Waals surface area (Å²) in [6.07, 6.45) is 1.08.